The highest BCUT2D eigenvalue weighted by molar-refractivity contribution is 5.74. The molecule has 46 heteroatoms. The number of amides is 3. The van der Waals surface area contributed by atoms with Crippen LogP contribution < -0.4 is 16.0 Å². The molecular formula is C60H101N3O43. The Kier molecular flexibility index (Phi) is 30.4. The molecule has 9 aliphatic rings. The van der Waals surface area contributed by atoms with E-state index in [0.717, 1.165) is 20.8 Å². The smallest absolute Gasteiger partial charge is 0.217 e. The van der Waals surface area contributed by atoms with E-state index in [9.17, 15) is 132 Å². The van der Waals surface area contributed by atoms with Crippen molar-refractivity contribution in [2.24, 2.45) is 0 Å². The predicted molar refractivity (Wildman–Crippen MR) is 328 cm³/mol. The molecule has 0 radical (unpaired) electrons. The lowest BCUT2D eigenvalue weighted by molar-refractivity contribution is -0.403. The standard InChI is InChI=1S/C60H101N3O43/c1-13-28(72)37(81)42(86)55(91-13)104-49-40(84)31(75)19(7-64)96-58(49)100-45-23(11-68)99-53(25(36(45)80)61-16(4)69)90-12-24-35(79)46(26(52(89)94-24)62-17(5)70)101-60-51(106-57-44(88)39(83)30(74)15(3)93-57)48(34(78)22(10-67)98-60)103-54-27(63-18(6)71)47(33(77)21(9-66)95-54)102-59-50(41(85)32(76)20(8-65)97-59)105-56-43(87)38(82)29(73)14(2)92-56/h13-15,19-60,64-68,72-89H,7-12H2,1-6H3,(H,61,69)(H,62,70)(H,63,71)/t13-,14-,15-,19+,20+,21+,22+,23+,24+,25+,26+,27+,28+,29+,30+,31-,32-,33+,34-,35-,36+,37+,38+,39+,40-,41-,42-,43-,44-,45+,46+,47+,48-,49+,50+,51+,52-,53+,54-,55-,56-,57-,58-,59-,60-/m0/s1. The zero-order valence-corrected chi connectivity index (χ0v) is 57.7. The molecule has 106 heavy (non-hydrogen) atoms. The molecule has 9 aliphatic heterocycles. The van der Waals surface area contributed by atoms with Gasteiger partial charge in [0, 0.05) is 20.8 Å². The third kappa shape index (κ3) is 18.7. The number of aliphatic hydroxyl groups excluding tert-OH is 23. The molecule has 0 saturated carbocycles. The van der Waals surface area contributed by atoms with Crippen LogP contribution in [0.3, 0.4) is 0 Å². The van der Waals surface area contributed by atoms with Gasteiger partial charge in [0.1, 0.15) is 201 Å². The van der Waals surface area contributed by atoms with Gasteiger partial charge in [-0.05, 0) is 20.8 Å². The van der Waals surface area contributed by atoms with Crippen LogP contribution in [-0.2, 0) is 94.9 Å². The van der Waals surface area contributed by atoms with Gasteiger partial charge in [0.15, 0.2) is 56.6 Å². The summed E-state index contributed by atoms with van der Waals surface area (Å²) in [5, 5.41) is 262. The first-order valence-electron chi connectivity index (χ1n) is 34.2. The van der Waals surface area contributed by atoms with Crippen LogP contribution in [-0.4, -0.2) is 451 Å². The Morgan fingerprint density at radius 1 is 0.264 bits per heavy atom. The molecule has 3 amide bonds. The van der Waals surface area contributed by atoms with E-state index >= 15 is 0 Å². The van der Waals surface area contributed by atoms with Gasteiger partial charge in [-0.15, -0.1) is 0 Å². The maximum absolute atomic E-state index is 13.3. The van der Waals surface area contributed by atoms with Gasteiger partial charge < -0.3 is 214 Å². The van der Waals surface area contributed by atoms with Gasteiger partial charge in [-0.2, -0.15) is 0 Å². The molecule has 46 nitrogen and oxygen atoms in total. The first kappa shape index (κ1) is 86.8. The van der Waals surface area contributed by atoms with Crippen LogP contribution in [0.2, 0.25) is 0 Å². The second-order valence-electron chi connectivity index (χ2n) is 27.4. The Balaban J connectivity index is 1.01. The van der Waals surface area contributed by atoms with Crippen LogP contribution in [0.4, 0.5) is 0 Å². The number of rotatable bonds is 25. The molecule has 0 aromatic heterocycles. The van der Waals surface area contributed by atoms with Gasteiger partial charge in [-0.3, -0.25) is 14.4 Å². The van der Waals surface area contributed by atoms with Crippen molar-refractivity contribution < 1.29 is 212 Å². The molecule has 0 unspecified atom stereocenters. The van der Waals surface area contributed by atoms with Crippen molar-refractivity contribution >= 4 is 17.7 Å². The van der Waals surface area contributed by atoms with Crippen molar-refractivity contribution in [2.45, 2.75) is 318 Å². The fourth-order valence-corrected chi connectivity index (χ4v) is 13.8. The number of carbonyl (C=O) groups is 3. The topological polar surface area (TPSA) is 710 Å². The molecule has 0 aliphatic carbocycles. The van der Waals surface area contributed by atoms with Gasteiger partial charge in [0.2, 0.25) is 17.7 Å². The molecule has 9 rings (SSSR count). The zero-order chi connectivity index (χ0) is 78.1. The maximum atomic E-state index is 13.3. The summed E-state index contributed by atoms with van der Waals surface area (Å²) in [6, 6.07) is -5.71. The summed E-state index contributed by atoms with van der Waals surface area (Å²) in [6.07, 6.45) is -82.5. The number of ether oxygens (including phenoxy) is 17. The van der Waals surface area contributed by atoms with Crippen molar-refractivity contribution in [2.75, 3.05) is 39.6 Å². The van der Waals surface area contributed by atoms with E-state index in [-0.39, 0.29) is 0 Å². The SMILES string of the molecule is CC(=O)N[C@@H]1[C@@H](O[C@@H]2O[C@H](CO)[C@H](O)[C@H](O[C@@H]3O[C@H](CO)[C@@H](O)[C@H](O[C@@H]4O[C@H](CO)[C@H](O)[C@H](O)[C@H]4O[C@@H]4O[C@@H](C)[C@@H](O)[C@@H](O)[C@@H]4O)[C@H]3NC(C)=O)[C@H]2O[C@@H]2O[C@@H](C)[C@@H](O)[C@@H](O)[C@@H]2O)[C@@H](O)[C@@H](CO[C@@H]2O[C@H](CO)[C@@H](O[C@@H]3O[C@H](CO)[C@H](O)[C@H](O)[C@H]3O[C@@H]3O[C@@H](C)[C@@H](O)[C@@H](O)[C@@H]3O)[C@H](O)[C@H]2NC(C)=O)O[C@@H]1O. The molecule has 9 fully saturated rings. The lowest BCUT2D eigenvalue weighted by Crippen LogP contribution is -2.71. The molecule has 0 aromatic rings. The van der Waals surface area contributed by atoms with Crippen molar-refractivity contribution in [1.29, 1.82) is 0 Å². The van der Waals surface area contributed by atoms with E-state index in [1.54, 1.807) is 0 Å². The van der Waals surface area contributed by atoms with Crippen LogP contribution in [0.15, 0.2) is 0 Å². The zero-order valence-electron chi connectivity index (χ0n) is 57.7. The molecule has 614 valence electrons. The van der Waals surface area contributed by atoms with Gasteiger partial charge in [0.25, 0.3) is 0 Å². The fraction of sp³-hybridized carbons (Fsp3) is 0.950. The molecular weight excluding hydrogens is 1450 g/mol. The minimum absolute atomic E-state index is 0.880. The normalized spacial score (nSPS) is 51.1. The van der Waals surface area contributed by atoms with E-state index in [1.165, 1.54) is 20.8 Å². The number of nitrogens with one attached hydrogen (secondary N) is 3. The highest BCUT2D eigenvalue weighted by atomic mass is 16.8. The molecule has 9 saturated heterocycles. The molecule has 26 N–H and O–H groups in total. The Bertz CT molecular complexity index is 2790. The molecule has 45 atom stereocenters. The maximum Gasteiger partial charge on any atom is 0.217 e. The Labute approximate surface area is 602 Å². The van der Waals surface area contributed by atoms with E-state index in [1.807, 2.05) is 0 Å². The monoisotopic (exact) mass is 1550 g/mol. The molecule has 0 aromatic carbocycles. The van der Waals surface area contributed by atoms with Crippen molar-refractivity contribution in [3.63, 3.8) is 0 Å². The Morgan fingerprint density at radius 2 is 0.575 bits per heavy atom. The summed E-state index contributed by atoms with van der Waals surface area (Å²) in [5.41, 5.74) is 0. The Morgan fingerprint density at radius 3 is 0.991 bits per heavy atom. The summed E-state index contributed by atoms with van der Waals surface area (Å²) in [6.45, 7) is 0.262. The van der Waals surface area contributed by atoms with Crippen LogP contribution in [0.1, 0.15) is 41.5 Å². The number of hydrogen-bond acceptors (Lipinski definition) is 43. The van der Waals surface area contributed by atoms with Gasteiger partial charge >= 0.3 is 0 Å². The van der Waals surface area contributed by atoms with E-state index in [0.29, 0.717) is 0 Å². The summed E-state index contributed by atoms with van der Waals surface area (Å²) in [4.78, 5) is 39.2. The van der Waals surface area contributed by atoms with Crippen molar-refractivity contribution in [3.8, 4) is 0 Å². The highest BCUT2D eigenvalue weighted by Crippen LogP contribution is 2.40. The molecule has 0 bridgehead atoms. The average molecular weight is 1550 g/mol. The van der Waals surface area contributed by atoms with Crippen molar-refractivity contribution in [3.05, 3.63) is 0 Å². The van der Waals surface area contributed by atoms with Gasteiger partial charge in [-0.1, -0.05) is 0 Å². The number of hydrogen-bond donors (Lipinski definition) is 26. The van der Waals surface area contributed by atoms with Crippen LogP contribution in [0.25, 0.3) is 0 Å². The lowest BCUT2D eigenvalue weighted by atomic mass is 9.93. The number of carbonyl (C=O) groups excluding carboxylic acids is 3. The number of aliphatic hydroxyl groups is 23. The minimum Gasteiger partial charge on any atom is -0.394 e. The summed E-state index contributed by atoms with van der Waals surface area (Å²) >= 11 is 0. The summed E-state index contributed by atoms with van der Waals surface area (Å²) in [7, 11) is 0. The molecule has 0 spiro atoms. The second kappa shape index (κ2) is 37.2. The van der Waals surface area contributed by atoms with E-state index < -0.39 is 334 Å². The highest BCUT2D eigenvalue weighted by Gasteiger charge is 2.61. The minimum atomic E-state index is -2.34. The van der Waals surface area contributed by atoms with Gasteiger partial charge in [-0.25, -0.2) is 0 Å². The third-order valence-corrected chi connectivity index (χ3v) is 19.8. The van der Waals surface area contributed by atoms with Crippen molar-refractivity contribution in [1.82, 2.24) is 16.0 Å². The Hall–Kier alpha value is -3.19. The first-order valence-corrected chi connectivity index (χ1v) is 34.2. The fourth-order valence-electron chi connectivity index (χ4n) is 13.8. The van der Waals surface area contributed by atoms with Gasteiger partial charge in [0.05, 0.1) is 58.0 Å². The van der Waals surface area contributed by atoms with Crippen LogP contribution >= 0.6 is 0 Å². The quantitative estimate of drug-likeness (QED) is 0.0404. The third-order valence-electron chi connectivity index (χ3n) is 19.8. The van der Waals surface area contributed by atoms with E-state index in [2.05, 4.69) is 16.0 Å². The average Bonchev–Trinajstić information content (AvgIpc) is 0.792. The second-order valence-corrected chi connectivity index (χ2v) is 27.4. The molecule has 9 heterocycles. The first-order chi connectivity index (χ1) is 50.0. The summed E-state index contributed by atoms with van der Waals surface area (Å²) < 4.78 is 101. The summed E-state index contributed by atoms with van der Waals surface area (Å²) in [5.74, 6) is -2.78. The van der Waals surface area contributed by atoms with Crippen LogP contribution in [0.5, 0.6) is 0 Å². The lowest BCUT2D eigenvalue weighted by Gasteiger charge is -2.52. The predicted octanol–water partition coefficient (Wildman–Crippen LogP) is -17.1. The largest absolute Gasteiger partial charge is 0.394 e. The van der Waals surface area contributed by atoms with Crippen LogP contribution in [0, 0.1) is 0 Å². The van der Waals surface area contributed by atoms with E-state index in [4.69, 9.17) is 80.5 Å².